The van der Waals surface area contributed by atoms with Crippen molar-refractivity contribution < 1.29 is 9.47 Å². The van der Waals surface area contributed by atoms with E-state index in [0.717, 1.165) is 49.8 Å². The molecule has 4 heterocycles. The van der Waals surface area contributed by atoms with E-state index in [1.165, 1.54) is 21.1 Å². The average Bonchev–Trinajstić information content (AvgIpc) is 3.56. The van der Waals surface area contributed by atoms with Gasteiger partial charge in [0.2, 0.25) is 19.8 Å². The lowest BCUT2D eigenvalue weighted by Gasteiger charge is -2.36. The van der Waals surface area contributed by atoms with Crippen LogP contribution in [-0.2, 0) is 0 Å². The Labute approximate surface area is 307 Å². The number of fused-ring (bicyclic) bond motifs is 7. The second kappa shape index (κ2) is 11.7. The Bertz CT molecular complexity index is 2710. The normalized spacial score (nSPS) is 12.8. The van der Waals surface area contributed by atoms with Gasteiger partial charge in [0.25, 0.3) is 6.71 Å². The molecule has 2 aromatic heterocycles. The Kier molecular flexibility index (Phi) is 6.60. The largest absolute Gasteiger partial charge is 0.440 e. The summed E-state index contributed by atoms with van der Waals surface area (Å²) in [6.07, 6.45) is 0. The van der Waals surface area contributed by atoms with Gasteiger partial charge in [-0.1, -0.05) is 146 Å². The van der Waals surface area contributed by atoms with Gasteiger partial charge in [0.1, 0.15) is 16.9 Å². The van der Waals surface area contributed by atoms with Crippen molar-refractivity contribution in [1.82, 2.24) is 14.5 Å². The van der Waals surface area contributed by atoms with Gasteiger partial charge in [0.15, 0.2) is 0 Å². The molecule has 0 spiro atoms. The van der Waals surface area contributed by atoms with Crippen molar-refractivity contribution in [2.24, 2.45) is 0 Å². The van der Waals surface area contributed by atoms with Crippen LogP contribution in [0.5, 0.6) is 23.3 Å². The van der Waals surface area contributed by atoms with E-state index in [2.05, 4.69) is 162 Å². The number of para-hydroxylation sites is 4. The number of nitrogens with zero attached hydrogens (tertiary/aromatic N) is 3. The summed E-state index contributed by atoms with van der Waals surface area (Å²) in [4.78, 5) is 11.0. The SMILES string of the molecule is c1ccc([Si](c2ccccc2)(c2cccc(-n3c4ccccc4c4ccccc43)c2)c2nc3c4c(n2)Oc2ccccc2B4c2ccccc2O3)cc1. The fourth-order valence-electron chi connectivity index (χ4n) is 8.65. The molecular formula is C46H30BN3O2Si. The highest BCUT2D eigenvalue weighted by atomic mass is 28.3. The van der Waals surface area contributed by atoms with Gasteiger partial charge >= 0.3 is 0 Å². The molecule has 0 radical (unpaired) electrons. The molecule has 0 unspecified atom stereocenters. The molecule has 0 amide bonds. The molecule has 0 bridgehead atoms. The van der Waals surface area contributed by atoms with Gasteiger partial charge in [0.05, 0.1) is 16.5 Å². The van der Waals surface area contributed by atoms with Crippen LogP contribution >= 0.6 is 0 Å². The fraction of sp³-hybridized carbons (Fsp3) is 0. The summed E-state index contributed by atoms with van der Waals surface area (Å²) in [6.45, 7) is -0.105. The van der Waals surface area contributed by atoms with Gasteiger partial charge < -0.3 is 14.0 Å². The zero-order valence-corrected chi connectivity index (χ0v) is 29.6. The van der Waals surface area contributed by atoms with E-state index in [-0.39, 0.29) is 6.71 Å². The molecule has 0 aliphatic carbocycles. The van der Waals surface area contributed by atoms with E-state index in [1.54, 1.807) is 0 Å². The summed E-state index contributed by atoms with van der Waals surface area (Å²) < 4.78 is 15.9. The quantitative estimate of drug-likeness (QED) is 0.172. The van der Waals surface area contributed by atoms with Crippen LogP contribution in [0.2, 0.25) is 0 Å². The number of benzene rings is 7. The van der Waals surface area contributed by atoms with E-state index in [1.807, 2.05) is 24.3 Å². The molecule has 2 aliphatic heterocycles. The Morgan fingerprint density at radius 2 is 0.925 bits per heavy atom. The first-order valence-electron chi connectivity index (χ1n) is 17.9. The number of aromatic nitrogens is 3. The molecule has 7 aromatic carbocycles. The molecule has 0 fully saturated rings. The molecule has 0 saturated heterocycles. The maximum absolute atomic E-state index is 6.75. The zero-order valence-electron chi connectivity index (χ0n) is 28.6. The summed E-state index contributed by atoms with van der Waals surface area (Å²) in [5.74, 6) is 2.70. The van der Waals surface area contributed by atoms with Crippen LogP contribution in [0.1, 0.15) is 0 Å². The van der Waals surface area contributed by atoms with Crippen molar-refractivity contribution in [1.29, 1.82) is 0 Å². The first-order chi connectivity index (χ1) is 26.3. The fourth-order valence-corrected chi connectivity index (χ4v) is 13.1. The van der Waals surface area contributed by atoms with Crippen molar-refractivity contribution in [2.75, 3.05) is 0 Å². The average molecular weight is 696 g/mol. The number of rotatable bonds is 5. The second-order valence-corrected chi connectivity index (χ2v) is 17.4. The smallest absolute Gasteiger partial charge is 0.265 e. The molecule has 0 N–H and O–H groups in total. The lowest BCUT2D eigenvalue weighted by Crippen LogP contribution is -2.76. The molecule has 5 nitrogen and oxygen atoms in total. The Hall–Kier alpha value is -6.70. The van der Waals surface area contributed by atoms with E-state index in [9.17, 15) is 0 Å². The van der Waals surface area contributed by atoms with Gasteiger partial charge in [0, 0.05) is 16.5 Å². The highest BCUT2D eigenvalue weighted by Gasteiger charge is 2.48. The topological polar surface area (TPSA) is 49.2 Å². The monoisotopic (exact) mass is 695 g/mol. The number of hydrogen-bond acceptors (Lipinski definition) is 4. The highest BCUT2D eigenvalue weighted by molar-refractivity contribution is 7.19. The van der Waals surface area contributed by atoms with Crippen LogP contribution in [0.15, 0.2) is 182 Å². The molecule has 2 aliphatic rings. The van der Waals surface area contributed by atoms with Crippen LogP contribution in [0, 0.1) is 0 Å². The molecule has 7 heteroatoms. The van der Waals surface area contributed by atoms with Crippen LogP contribution in [0.4, 0.5) is 0 Å². The second-order valence-electron chi connectivity index (χ2n) is 13.7. The first kappa shape index (κ1) is 30.0. The standard InChI is InChI=1S/C46H30BN3O2Si/c1-3-17-32(18-4-1)53(33-19-5-2-6-20-33,34-21-15-16-31(30-34)50-39-26-11-7-22-35(39)36-23-8-12-27-40(36)50)46-48-44-43-45(49-46)52-42-29-14-10-25-38(42)47(43)37-24-9-13-28-41(37)51-44/h1-30H. The molecule has 53 heavy (non-hydrogen) atoms. The van der Waals surface area contributed by atoms with Crippen LogP contribution in [0.25, 0.3) is 27.5 Å². The van der Waals surface area contributed by atoms with Gasteiger partial charge in [-0.15, -0.1) is 0 Å². The summed E-state index contributed by atoms with van der Waals surface area (Å²) in [5, 5.41) is 5.95. The predicted octanol–water partition coefficient (Wildman–Crippen LogP) is 5.68. The summed E-state index contributed by atoms with van der Waals surface area (Å²) >= 11 is 0. The van der Waals surface area contributed by atoms with E-state index >= 15 is 0 Å². The molecule has 0 atom stereocenters. The van der Waals surface area contributed by atoms with Gasteiger partial charge in [-0.25, -0.2) is 9.97 Å². The van der Waals surface area contributed by atoms with Crippen LogP contribution in [0.3, 0.4) is 0 Å². The third kappa shape index (κ3) is 4.38. The molecule has 11 rings (SSSR count). The lowest BCUT2D eigenvalue weighted by atomic mass is 9.35. The van der Waals surface area contributed by atoms with Crippen molar-refractivity contribution >= 4 is 74.0 Å². The Morgan fingerprint density at radius 1 is 0.453 bits per heavy atom. The summed E-state index contributed by atoms with van der Waals surface area (Å²) in [7, 11) is -3.26. The maximum Gasteiger partial charge on any atom is 0.265 e. The Balaban J connectivity index is 1.22. The molecule has 0 saturated carbocycles. The summed E-state index contributed by atoms with van der Waals surface area (Å²) in [5.41, 5.74) is 7.16. The minimum absolute atomic E-state index is 0.105. The first-order valence-corrected chi connectivity index (χ1v) is 19.9. The minimum atomic E-state index is -3.26. The van der Waals surface area contributed by atoms with Gasteiger partial charge in [-0.2, -0.15) is 0 Å². The third-order valence-electron chi connectivity index (χ3n) is 10.9. The van der Waals surface area contributed by atoms with Crippen molar-refractivity contribution in [3.05, 3.63) is 182 Å². The summed E-state index contributed by atoms with van der Waals surface area (Å²) in [6, 6.07) is 64.4. The zero-order chi connectivity index (χ0) is 34.9. The number of hydrogen-bond donors (Lipinski definition) is 0. The Morgan fingerprint density at radius 3 is 1.49 bits per heavy atom. The third-order valence-corrected chi connectivity index (χ3v) is 15.4. The molecular weight excluding hydrogens is 665 g/mol. The lowest BCUT2D eigenvalue weighted by molar-refractivity contribution is 0.441. The highest BCUT2D eigenvalue weighted by Crippen LogP contribution is 2.33. The van der Waals surface area contributed by atoms with Crippen molar-refractivity contribution in [3.8, 4) is 28.9 Å². The van der Waals surface area contributed by atoms with E-state index < -0.39 is 8.07 Å². The molecule has 9 aromatic rings. The maximum atomic E-state index is 6.75. The van der Waals surface area contributed by atoms with Crippen LogP contribution < -0.4 is 46.9 Å². The van der Waals surface area contributed by atoms with Crippen molar-refractivity contribution in [2.45, 2.75) is 0 Å². The molecule has 248 valence electrons. The minimum Gasteiger partial charge on any atom is -0.440 e. The predicted molar refractivity (Wildman–Crippen MR) is 218 cm³/mol. The van der Waals surface area contributed by atoms with E-state index in [4.69, 9.17) is 19.4 Å². The van der Waals surface area contributed by atoms with Crippen molar-refractivity contribution in [3.63, 3.8) is 0 Å². The number of ether oxygens (including phenoxy) is 2. The van der Waals surface area contributed by atoms with Gasteiger partial charge in [-0.3, -0.25) is 0 Å². The van der Waals surface area contributed by atoms with E-state index in [0.29, 0.717) is 17.2 Å². The van der Waals surface area contributed by atoms with Gasteiger partial charge in [-0.05, 0) is 62.9 Å². The van der Waals surface area contributed by atoms with Crippen LogP contribution in [-0.4, -0.2) is 29.3 Å².